The molecule has 0 radical (unpaired) electrons. The third-order valence-electron chi connectivity index (χ3n) is 5.16. The number of anilines is 1. The van der Waals surface area contributed by atoms with Crippen LogP contribution in [-0.4, -0.2) is 46.7 Å². The number of carbonyl (C=O) groups excluding carboxylic acids is 1. The number of thioether (sulfide) groups is 1. The molecule has 1 aliphatic heterocycles. The minimum Gasteiger partial charge on any atom is -0.497 e. The average molecular weight is 469 g/mol. The van der Waals surface area contributed by atoms with Crippen LogP contribution in [0.3, 0.4) is 0 Å². The first-order chi connectivity index (χ1) is 16.2. The van der Waals surface area contributed by atoms with Gasteiger partial charge in [0.2, 0.25) is 5.91 Å². The number of rotatable bonds is 9. The smallest absolute Gasteiger partial charge is 0.234 e. The molecule has 0 aliphatic carbocycles. The Bertz CT molecular complexity index is 1080. The predicted molar refractivity (Wildman–Crippen MR) is 128 cm³/mol. The van der Waals surface area contributed by atoms with Gasteiger partial charge in [-0.3, -0.25) is 4.79 Å². The van der Waals surface area contributed by atoms with Crippen LogP contribution >= 0.6 is 11.8 Å². The second-order valence-electron chi connectivity index (χ2n) is 7.59. The molecule has 1 aliphatic rings. The van der Waals surface area contributed by atoms with Gasteiger partial charge in [0.25, 0.3) is 0 Å². The summed E-state index contributed by atoms with van der Waals surface area (Å²) in [6.07, 6.45) is 2.89. The summed E-state index contributed by atoms with van der Waals surface area (Å²) in [6.45, 7) is 4.17. The topological polar surface area (TPSA) is 87.5 Å². The molecule has 33 heavy (non-hydrogen) atoms. The standard InChI is InChI=1S/C24H28N4O4S/c1-3-4-12-28-23(17-6-9-19(30-2)10-7-17)26-27-24(28)33-16-22(29)25-18-8-11-20-21(15-18)32-14-5-13-31-20/h6-11,15H,3-5,12-14,16H2,1-2H3,(H,25,29). The summed E-state index contributed by atoms with van der Waals surface area (Å²) in [7, 11) is 1.64. The molecule has 0 saturated carbocycles. The zero-order chi connectivity index (χ0) is 23.0. The summed E-state index contributed by atoms with van der Waals surface area (Å²) in [5.41, 5.74) is 1.64. The molecule has 4 rings (SSSR count). The van der Waals surface area contributed by atoms with Gasteiger partial charge in [-0.15, -0.1) is 10.2 Å². The highest BCUT2D eigenvalue weighted by molar-refractivity contribution is 7.99. The second-order valence-corrected chi connectivity index (χ2v) is 8.53. The van der Waals surface area contributed by atoms with E-state index in [0.717, 1.165) is 48.1 Å². The average Bonchev–Trinajstić information content (AvgIpc) is 3.09. The molecule has 8 nitrogen and oxygen atoms in total. The zero-order valence-corrected chi connectivity index (χ0v) is 19.7. The number of fused-ring (bicyclic) bond motifs is 1. The number of aromatic nitrogens is 3. The van der Waals surface area contributed by atoms with E-state index >= 15 is 0 Å². The van der Waals surface area contributed by atoms with E-state index in [0.29, 0.717) is 30.4 Å². The van der Waals surface area contributed by atoms with E-state index in [2.05, 4.69) is 27.0 Å². The van der Waals surface area contributed by atoms with E-state index in [4.69, 9.17) is 14.2 Å². The Hall–Kier alpha value is -3.20. The largest absolute Gasteiger partial charge is 0.497 e. The van der Waals surface area contributed by atoms with E-state index in [1.165, 1.54) is 11.8 Å². The van der Waals surface area contributed by atoms with Crippen molar-refractivity contribution < 1.29 is 19.0 Å². The van der Waals surface area contributed by atoms with Crippen molar-refractivity contribution in [2.24, 2.45) is 0 Å². The molecule has 1 aromatic heterocycles. The lowest BCUT2D eigenvalue weighted by atomic mass is 10.2. The van der Waals surface area contributed by atoms with E-state index in [-0.39, 0.29) is 11.7 Å². The molecule has 9 heteroatoms. The molecule has 0 unspecified atom stereocenters. The Labute approximate surface area is 197 Å². The van der Waals surface area contributed by atoms with Crippen molar-refractivity contribution in [2.45, 2.75) is 37.9 Å². The first-order valence-corrected chi connectivity index (χ1v) is 12.1. The zero-order valence-electron chi connectivity index (χ0n) is 18.9. The van der Waals surface area contributed by atoms with Gasteiger partial charge in [0.15, 0.2) is 22.5 Å². The van der Waals surface area contributed by atoms with Gasteiger partial charge in [0.05, 0.1) is 26.1 Å². The Balaban J connectivity index is 1.43. The fourth-order valence-electron chi connectivity index (χ4n) is 3.44. The maximum absolute atomic E-state index is 12.6. The van der Waals surface area contributed by atoms with Crippen molar-refractivity contribution in [3.05, 3.63) is 42.5 Å². The Morgan fingerprint density at radius 3 is 2.67 bits per heavy atom. The number of ether oxygens (including phenoxy) is 3. The van der Waals surface area contributed by atoms with Gasteiger partial charge in [-0.05, 0) is 42.8 Å². The fourth-order valence-corrected chi connectivity index (χ4v) is 4.20. The maximum Gasteiger partial charge on any atom is 0.234 e. The van der Waals surface area contributed by atoms with Crippen LogP contribution in [0.25, 0.3) is 11.4 Å². The summed E-state index contributed by atoms with van der Waals surface area (Å²) < 4.78 is 18.7. The van der Waals surface area contributed by atoms with Crippen molar-refractivity contribution in [1.82, 2.24) is 14.8 Å². The third-order valence-corrected chi connectivity index (χ3v) is 6.13. The number of amides is 1. The van der Waals surface area contributed by atoms with Crippen LogP contribution in [0.2, 0.25) is 0 Å². The number of hydrogen-bond donors (Lipinski definition) is 1. The molecule has 0 bridgehead atoms. The van der Waals surface area contributed by atoms with Crippen LogP contribution in [-0.2, 0) is 11.3 Å². The highest BCUT2D eigenvalue weighted by Crippen LogP contribution is 2.32. The number of methoxy groups -OCH3 is 1. The van der Waals surface area contributed by atoms with Crippen LogP contribution in [0.4, 0.5) is 5.69 Å². The molecular weight excluding hydrogens is 440 g/mol. The molecule has 3 aromatic rings. The summed E-state index contributed by atoms with van der Waals surface area (Å²) >= 11 is 1.38. The second kappa shape index (κ2) is 11.1. The first-order valence-electron chi connectivity index (χ1n) is 11.1. The summed E-state index contributed by atoms with van der Waals surface area (Å²) in [5, 5.41) is 12.4. The minimum absolute atomic E-state index is 0.120. The summed E-state index contributed by atoms with van der Waals surface area (Å²) in [6, 6.07) is 13.2. The van der Waals surface area contributed by atoms with Gasteiger partial charge in [-0.1, -0.05) is 25.1 Å². The van der Waals surface area contributed by atoms with Gasteiger partial charge in [-0.25, -0.2) is 0 Å². The lowest BCUT2D eigenvalue weighted by Crippen LogP contribution is -2.15. The predicted octanol–water partition coefficient (Wildman–Crippen LogP) is 4.65. The van der Waals surface area contributed by atoms with Gasteiger partial charge in [0, 0.05) is 30.3 Å². The number of benzene rings is 2. The molecule has 0 atom stereocenters. The number of nitrogens with zero attached hydrogens (tertiary/aromatic N) is 3. The fraction of sp³-hybridized carbons (Fsp3) is 0.375. The Morgan fingerprint density at radius 1 is 1.12 bits per heavy atom. The highest BCUT2D eigenvalue weighted by atomic mass is 32.2. The lowest BCUT2D eigenvalue weighted by molar-refractivity contribution is -0.113. The van der Waals surface area contributed by atoms with Crippen molar-refractivity contribution in [3.8, 4) is 28.6 Å². The molecule has 0 spiro atoms. The molecule has 2 aromatic carbocycles. The highest BCUT2D eigenvalue weighted by Gasteiger charge is 2.17. The van der Waals surface area contributed by atoms with Crippen molar-refractivity contribution >= 4 is 23.4 Å². The van der Waals surface area contributed by atoms with Gasteiger partial charge in [-0.2, -0.15) is 0 Å². The molecule has 0 fully saturated rings. The van der Waals surface area contributed by atoms with Crippen molar-refractivity contribution in [3.63, 3.8) is 0 Å². The molecule has 0 saturated heterocycles. The first kappa shape index (κ1) is 23.0. The number of hydrogen-bond acceptors (Lipinski definition) is 7. The van der Waals surface area contributed by atoms with Crippen molar-refractivity contribution in [1.29, 1.82) is 0 Å². The van der Waals surface area contributed by atoms with Crippen LogP contribution in [0.15, 0.2) is 47.6 Å². The Morgan fingerprint density at radius 2 is 1.91 bits per heavy atom. The monoisotopic (exact) mass is 468 g/mol. The van der Waals surface area contributed by atoms with Gasteiger partial charge in [0.1, 0.15) is 5.75 Å². The van der Waals surface area contributed by atoms with Gasteiger partial charge < -0.3 is 24.1 Å². The molecule has 1 N–H and O–H groups in total. The SMILES string of the molecule is CCCCn1c(SCC(=O)Nc2ccc3c(c2)OCCCO3)nnc1-c1ccc(OC)cc1. The molecule has 1 amide bonds. The quantitative estimate of drug-likeness (QED) is 0.458. The minimum atomic E-state index is -0.120. The third kappa shape index (κ3) is 5.78. The van der Waals surface area contributed by atoms with Crippen LogP contribution in [0, 0.1) is 0 Å². The molecular formula is C24H28N4O4S. The van der Waals surface area contributed by atoms with Gasteiger partial charge >= 0.3 is 0 Å². The van der Waals surface area contributed by atoms with Crippen molar-refractivity contribution in [2.75, 3.05) is 31.4 Å². The van der Waals surface area contributed by atoms with E-state index in [9.17, 15) is 4.79 Å². The van der Waals surface area contributed by atoms with Crippen LogP contribution in [0.5, 0.6) is 17.2 Å². The van der Waals surface area contributed by atoms with Crippen LogP contribution in [0.1, 0.15) is 26.2 Å². The molecule has 174 valence electrons. The Kier molecular flexibility index (Phi) is 7.72. The number of nitrogens with one attached hydrogen (secondary N) is 1. The number of carbonyl (C=O) groups is 1. The van der Waals surface area contributed by atoms with E-state index in [1.54, 1.807) is 13.2 Å². The molecule has 2 heterocycles. The lowest BCUT2D eigenvalue weighted by Gasteiger charge is -2.11. The number of unbranched alkanes of at least 4 members (excludes halogenated alkanes) is 1. The van der Waals surface area contributed by atoms with E-state index < -0.39 is 0 Å². The summed E-state index contributed by atoms with van der Waals surface area (Å²) in [5.74, 6) is 3.04. The normalized spacial score (nSPS) is 12.8. The maximum atomic E-state index is 12.6. The van der Waals surface area contributed by atoms with E-state index in [1.807, 2.05) is 36.4 Å². The summed E-state index contributed by atoms with van der Waals surface area (Å²) in [4.78, 5) is 12.6. The van der Waals surface area contributed by atoms with Crippen LogP contribution < -0.4 is 19.5 Å².